The summed E-state index contributed by atoms with van der Waals surface area (Å²) in [5.41, 5.74) is 2.89. The van der Waals surface area contributed by atoms with Crippen LogP contribution >= 0.6 is 11.6 Å². The van der Waals surface area contributed by atoms with E-state index in [1.165, 1.54) is 0 Å². The Labute approximate surface area is 64.9 Å². The quantitative estimate of drug-likeness (QED) is 0.580. The summed E-state index contributed by atoms with van der Waals surface area (Å²) < 4.78 is 4.91. The van der Waals surface area contributed by atoms with Crippen LogP contribution in [0.15, 0.2) is 23.2 Å². The smallest absolute Gasteiger partial charge is 0.205 e. The number of hydrogen-bond donors (Lipinski definition) is 1. The van der Waals surface area contributed by atoms with Gasteiger partial charge in [0, 0.05) is 13.1 Å². The maximum absolute atomic E-state index is 5.71. The Hall–Kier alpha value is -0.830. The lowest BCUT2D eigenvalue weighted by Crippen LogP contribution is -2.33. The first-order valence-electron chi connectivity index (χ1n) is 2.86. The Morgan fingerprint density at radius 3 is 2.80 bits per heavy atom. The third-order valence-corrected chi connectivity index (χ3v) is 1.57. The highest BCUT2D eigenvalue weighted by Crippen LogP contribution is 2.11. The monoisotopic (exact) mass is 160 g/mol. The van der Waals surface area contributed by atoms with Crippen molar-refractivity contribution in [2.75, 3.05) is 14.2 Å². The normalized spacial score (nSPS) is 17.3. The molecule has 1 aliphatic rings. The summed E-state index contributed by atoms with van der Waals surface area (Å²) >= 11 is 5.71. The molecule has 0 bridgehead atoms. The maximum Gasteiger partial charge on any atom is 0.205 e. The Balaban J connectivity index is 2.68. The first kappa shape index (κ1) is 7.28. The molecule has 1 heterocycles. The Morgan fingerprint density at radius 2 is 2.30 bits per heavy atom. The van der Waals surface area contributed by atoms with Crippen molar-refractivity contribution >= 4 is 11.6 Å². The molecule has 0 saturated heterocycles. The van der Waals surface area contributed by atoms with E-state index in [2.05, 4.69) is 5.43 Å². The Morgan fingerprint density at radius 1 is 1.60 bits per heavy atom. The van der Waals surface area contributed by atoms with Crippen LogP contribution in [0.2, 0.25) is 0 Å². The zero-order chi connectivity index (χ0) is 7.56. The molecule has 0 amide bonds. The summed E-state index contributed by atoms with van der Waals surface area (Å²) in [7, 11) is 3.41. The van der Waals surface area contributed by atoms with E-state index in [9.17, 15) is 0 Å². The van der Waals surface area contributed by atoms with Crippen molar-refractivity contribution in [3.63, 3.8) is 0 Å². The van der Waals surface area contributed by atoms with Gasteiger partial charge in [-0.1, -0.05) is 11.6 Å². The van der Waals surface area contributed by atoms with Crippen LogP contribution in [0.1, 0.15) is 0 Å². The van der Waals surface area contributed by atoms with E-state index in [0.717, 1.165) is 0 Å². The van der Waals surface area contributed by atoms with Gasteiger partial charge in [-0.2, -0.15) is 0 Å². The van der Waals surface area contributed by atoms with Gasteiger partial charge in [-0.05, 0) is 6.08 Å². The lowest BCUT2D eigenvalue weighted by atomic mass is 10.5. The molecule has 1 N–H and O–H groups in total. The van der Waals surface area contributed by atoms with Gasteiger partial charge < -0.3 is 4.74 Å². The van der Waals surface area contributed by atoms with Crippen molar-refractivity contribution in [2.45, 2.75) is 0 Å². The van der Waals surface area contributed by atoms with Gasteiger partial charge in [-0.25, -0.2) is 0 Å². The fraction of sp³-hybridized carbons (Fsp3) is 0.333. The fourth-order valence-corrected chi connectivity index (χ4v) is 0.731. The van der Waals surface area contributed by atoms with E-state index in [-0.39, 0.29) is 0 Å². The average Bonchev–Trinajstić information content (AvgIpc) is 1.95. The predicted molar refractivity (Wildman–Crippen MR) is 39.9 cm³/mol. The van der Waals surface area contributed by atoms with Gasteiger partial charge in [0.05, 0.1) is 7.11 Å². The van der Waals surface area contributed by atoms with E-state index in [1.807, 2.05) is 7.05 Å². The van der Waals surface area contributed by atoms with Gasteiger partial charge in [0.2, 0.25) is 5.88 Å². The molecule has 3 nitrogen and oxygen atoms in total. The third-order valence-electron chi connectivity index (χ3n) is 1.19. The van der Waals surface area contributed by atoms with Gasteiger partial charge in [0.25, 0.3) is 0 Å². The van der Waals surface area contributed by atoms with Crippen LogP contribution in [-0.2, 0) is 4.74 Å². The summed E-state index contributed by atoms with van der Waals surface area (Å²) in [6.07, 6.45) is 3.53. The number of halogens is 1. The average molecular weight is 161 g/mol. The van der Waals surface area contributed by atoms with Crippen molar-refractivity contribution in [1.29, 1.82) is 0 Å². The van der Waals surface area contributed by atoms with Crippen molar-refractivity contribution in [3.8, 4) is 0 Å². The highest BCUT2D eigenvalue weighted by Gasteiger charge is 2.06. The Bertz CT molecular complexity index is 188. The zero-order valence-corrected chi connectivity index (χ0v) is 6.64. The first-order chi connectivity index (χ1) is 4.74. The minimum Gasteiger partial charge on any atom is -0.481 e. The molecule has 0 aliphatic carbocycles. The molecule has 4 heteroatoms. The molecule has 1 aliphatic heterocycles. The van der Waals surface area contributed by atoms with Gasteiger partial charge in [0.1, 0.15) is 5.16 Å². The molecule has 10 heavy (non-hydrogen) atoms. The highest BCUT2D eigenvalue weighted by molar-refractivity contribution is 6.29. The van der Waals surface area contributed by atoms with Crippen LogP contribution in [0.4, 0.5) is 0 Å². The van der Waals surface area contributed by atoms with Gasteiger partial charge in [-0.15, -0.1) is 0 Å². The van der Waals surface area contributed by atoms with Crippen LogP contribution < -0.4 is 5.43 Å². The van der Waals surface area contributed by atoms with E-state index in [4.69, 9.17) is 16.3 Å². The molecule has 0 aromatic rings. The lowest BCUT2D eigenvalue weighted by molar-refractivity contribution is 0.194. The Kier molecular flexibility index (Phi) is 2.06. The summed E-state index contributed by atoms with van der Waals surface area (Å²) in [4.78, 5) is 0. The lowest BCUT2D eigenvalue weighted by Gasteiger charge is -2.23. The molecule has 0 aromatic carbocycles. The number of hydrazine groups is 1. The van der Waals surface area contributed by atoms with Crippen LogP contribution in [0, 0.1) is 0 Å². The molecule has 0 aromatic heterocycles. The minimum atomic E-state index is 0.640. The van der Waals surface area contributed by atoms with Crippen LogP contribution in [-0.4, -0.2) is 19.2 Å². The molecule has 0 fully saturated rings. The second-order valence-corrected chi connectivity index (χ2v) is 2.28. The van der Waals surface area contributed by atoms with E-state index in [1.54, 1.807) is 24.3 Å². The molecule has 1 rings (SSSR count). The maximum atomic E-state index is 5.71. The van der Waals surface area contributed by atoms with Crippen LogP contribution in [0.25, 0.3) is 0 Å². The summed E-state index contributed by atoms with van der Waals surface area (Å²) in [5, 5.41) is 2.31. The van der Waals surface area contributed by atoms with E-state index >= 15 is 0 Å². The summed E-state index contributed by atoms with van der Waals surface area (Å²) in [5.74, 6) is 0.687. The van der Waals surface area contributed by atoms with Gasteiger partial charge in [-0.3, -0.25) is 10.4 Å². The third kappa shape index (κ3) is 1.36. The van der Waals surface area contributed by atoms with Crippen LogP contribution in [0.3, 0.4) is 0 Å². The molecule has 0 unspecified atom stereocenters. The number of nitrogens with zero attached hydrogens (tertiary/aromatic N) is 1. The van der Waals surface area contributed by atoms with Crippen molar-refractivity contribution in [2.24, 2.45) is 0 Å². The number of allylic oxidation sites excluding steroid dienone is 2. The predicted octanol–water partition coefficient (Wildman–Crippen LogP) is 1.00. The number of nitrogens with one attached hydrogen (secondary N) is 1. The summed E-state index contributed by atoms with van der Waals surface area (Å²) in [6, 6.07) is 0. The second-order valence-electron chi connectivity index (χ2n) is 1.90. The molecular formula is C6H9ClN2O. The van der Waals surface area contributed by atoms with Gasteiger partial charge in [0.15, 0.2) is 0 Å². The van der Waals surface area contributed by atoms with E-state index in [0.29, 0.717) is 11.0 Å². The van der Waals surface area contributed by atoms with Gasteiger partial charge >= 0.3 is 0 Å². The molecule has 0 spiro atoms. The topological polar surface area (TPSA) is 24.5 Å². The fourth-order valence-electron chi connectivity index (χ4n) is 0.626. The molecule has 0 radical (unpaired) electrons. The molecule has 56 valence electrons. The molecular weight excluding hydrogens is 152 g/mol. The highest BCUT2D eigenvalue weighted by atomic mass is 35.5. The largest absolute Gasteiger partial charge is 0.481 e. The number of methoxy groups -OCH3 is 1. The number of ether oxygens (including phenoxy) is 1. The minimum absolute atomic E-state index is 0.640. The molecule has 0 saturated carbocycles. The number of hydrogen-bond acceptors (Lipinski definition) is 3. The van der Waals surface area contributed by atoms with Crippen molar-refractivity contribution < 1.29 is 4.74 Å². The van der Waals surface area contributed by atoms with Crippen molar-refractivity contribution in [3.05, 3.63) is 23.2 Å². The molecule has 0 atom stereocenters. The zero-order valence-electron chi connectivity index (χ0n) is 5.89. The van der Waals surface area contributed by atoms with E-state index < -0.39 is 0 Å². The standard InChI is InChI=1S/C6H9ClN2O/c1-9-5(7)3-4-6(8-9)10-2/h3-4,8H,1-2H3. The SMILES string of the molecule is COC1=CC=C(Cl)N(C)N1. The first-order valence-corrected chi connectivity index (χ1v) is 3.23. The van der Waals surface area contributed by atoms with Crippen molar-refractivity contribution in [1.82, 2.24) is 10.4 Å². The second kappa shape index (κ2) is 2.84. The van der Waals surface area contributed by atoms with Crippen LogP contribution in [0.5, 0.6) is 0 Å². The summed E-state index contributed by atoms with van der Waals surface area (Å²) in [6.45, 7) is 0. The number of rotatable bonds is 1.